The fourth-order valence-electron chi connectivity index (χ4n) is 1.49. The van der Waals surface area contributed by atoms with E-state index in [9.17, 15) is 18.4 Å². The van der Waals surface area contributed by atoms with Crippen molar-refractivity contribution in [1.82, 2.24) is 10.6 Å². The molecule has 0 radical (unpaired) electrons. The predicted molar refractivity (Wildman–Crippen MR) is 74.6 cm³/mol. The highest BCUT2D eigenvalue weighted by molar-refractivity contribution is 5.95. The van der Waals surface area contributed by atoms with E-state index >= 15 is 0 Å². The first-order valence-corrected chi connectivity index (χ1v) is 6.54. The highest BCUT2D eigenvalue weighted by atomic mass is 19.1. The van der Waals surface area contributed by atoms with Crippen LogP contribution in [0.15, 0.2) is 12.1 Å². The van der Waals surface area contributed by atoms with E-state index in [0.29, 0.717) is 0 Å². The number of nitrogens with one attached hydrogen (secondary N) is 2. The van der Waals surface area contributed by atoms with Crippen molar-refractivity contribution in [3.05, 3.63) is 29.3 Å². The van der Waals surface area contributed by atoms with Gasteiger partial charge in [0.05, 0.1) is 0 Å². The highest BCUT2D eigenvalue weighted by Crippen LogP contribution is 2.21. The lowest BCUT2D eigenvalue weighted by Gasteiger charge is -2.19. The molecule has 0 aliphatic carbocycles. The quantitative estimate of drug-likeness (QED) is 0.741. The molecule has 0 heterocycles. The summed E-state index contributed by atoms with van der Waals surface area (Å²) in [5.74, 6) is -4.28. The predicted octanol–water partition coefficient (Wildman–Crippen LogP) is 1.92. The van der Waals surface area contributed by atoms with E-state index in [1.807, 2.05) is 0 Å². The number of alkyl carbamates (subject to hydrolysis) is 1. The van der Waals surface area contributed by atoms with Crippen molar-refractivity contribution in [1.29, 1.82) is 0 Å². The third-order valence-electron chi connectivity index (χ3n) is 2.38. The van der Waals surface area contributed by atoms with Gasteiger partial charge in [-0.1, -0.05) is 0 Å². The van der Waals surface area contributed by atoms with Crippen LogP contribution in [-0.4, -0.2) is 35.8 Å². The Labute approximate surface area is 126 Å². The molecule has 0 spiro atoms. The molecule has 8 heteroatoms. The van der Waals surface area contributed by atoms with Gasteiger partial charge in [0.15, 0.2) is 11.6 Å². The van der Waals surface area contributed by atoms with Gasteiger partial charge in [-0.15, -0.1) is 0 Å². The minimum absolute atomic E-state index is 0.0166. The molecule has 22 heavy (non-hydrogen) atoms. The van der Waals surface area contributed by atoms with Crippen molar-refractivity contribution in [3.63, 3.8) is 0 Å². The van der Waals surface area contributed by atoms with Gasteiger partial charge < -0.3 is 20.5 Å². The molecule has 6 nitrogen and oxygen atoms in total. The van der Waals surface area contributed by atoms with Gasteiger partial charge in [-0.25, -0.2) is 13.6 Å². The number of phenols is 1. The number of aromatic hydroxyl groups is 1. The summed E-state index contributed by atoms with van der Waals surface area (Å²) in [4.78, 5) is 23.0. The number of benzene rings is 1. The Balaban J connectivity index is 2.48. The lowest BCUT2D eigenvalue weighted by Crippen LogP contribution is -2.38. The van der Waals surface area contributed by atoms with E-state index in [2.05, 4.69) is 10.6 Å². The van der Waals surface area contributed by atoms with Gasteiger partial charge in [0.1, 0.15) is 17.0 Å². The Morgan fingerprint density at radius 1 is 1.18 bits per heavy atom. The van der Waals surface area contributed by atoms with E-state index in [1.165, 1.54) is 0 Å². The molecule has 1 aromatic rings. The molecule has 0 atom stereocenters. The second-order valence-electron chi connectivity index (χ2n) is 5.44. The van der Waals surface area contributed by atoms with Gasteiger partial charge in [-0.05, 0) is 32.9 Å². The maximum atomic E-state index is 13.5. The average molecular weight is 316 g/mol. The smallest absolute Gasteiger partial charge is 0.407 e. The molecule has 0 unspecified atom stereocenters. The van der Waals surface area contributed by atoms with Crippen molar-refractivity contribution >= 4 is 12.0 Å². The molecule has 0 aliphatic rings. The van der Waals surface area contributed by atoms with Crippen LogP contribution in [0.3, 0.4) is 0 Å². The summed E-state index contributed by atoms with van der Waals surface area (Å²) in [5.41, 5.74) is -1.53. The van der Waals surface area contributed by atoms with Crippen molar-refractivity contribution in [2.75, 3.05) is 13.1 Å². The molecular weight excluding hydrogens is 298 g/mol. The lowest BCUT2D eigenvalue weighted by atomic mass is 10.1. The Hall–Kier alpha value is -2.38. The van der Waals surface area contributed by atoms with Crippen molar-refractivity contribution in [2.45, 2.75) is 26.4 Å². The number of rotatable bonds is 4. The van der Waals surface area contributed by atoms with Gasteiger partial charge in [0.25, 0.3) is 5.91 Å². The van der Waals surface area contributed by atoms with Crippen LogP contribution in [0.25, 0.3) is 0 Å². The zero-order chi connectivity index (χ0) is 16.9. The van der Waals surface area contributed by atoms with Crippen LogP contribution in [0.2, 0.25) is 0 Å². The molecular formula is C14H18F2N2O4. The SMILES string of the molecule is CC(C)(C)OC(=O)NCCNC(=O)c1c(F)ccc(O)c1F. The Morgan fingerprint density at radius 2 is 1.77 bits per heavy atom. The van der Waals surface area contributed by atoms with E-state index in [1.54, 1.807) is 20.8 Å². The van der Waals surface area contributed by atoms with Gasteiger partial charge >= 0.3 is 6.09 Å². The molecule has 3 N–H and O–H groups in total. The lowest BCUT2D eigenvalue weighted by molar-refractivity contribution is 0.0526. The summed E-state index contributed by atoms with van der Waals surface area (Å²) < 4.78 is 31.9. The number of ether oxygens (including phenoxy) is 1. The minimum atomic E-state index is -1.34. The molecule has 0 saturated carbocycles. The maximum Gasteiger partial charge on any atom is 0.407 e. The van der Waals surface area contributed by atoms with Crippen LogP contribution < -0.4 is 10.6 Å². The molecule has 0 aliphatic heterocycles. The summed E-state index contributed by atoms with van der Waals surface area (Å²) in [6, 6.07) is 1.60. The number of phenolic OH excluding ortho intramolecular Hbond substituents is 1. The molecule has 0 fully saturated rings. The topological polar surface area (TPSA) is 87.7 Å². The van der Waals surface area contributed by atoms with Crippen LogP contribution in [0.4, 0.5) is 13.6 Å². The number of carbonyl (C=O) groups is 2. The summed E-state index contributed by atoms with van der Waals surface area (Å²) in [6.45, 7) is 5.04. The zero-order valence-corrected chi connectivity index (χ0v) is 12.5. The van der Waals surface area contributed by atoms with Crippen molar-refractivity contribution in [2.24, 2.45) is 0 Å². The van der Waals surface area contributed by atoms with E-state index < -0.39 is 40.5 Å². The molecule has 2 amide bonds. The largest absolute Gasteiger partial charge is 0.505 e. The molecule has 0 aromatic heterocycles. The summed E-state index contributed by atoms with van der Waals surface area (Å²) in [7, 11) is 0. The van der Waals surface area contributed by atoms with Gasteiger partial charge in [0.2, 0.25) is 0 Å². The van der Waals surface area contributed by atoms with Crippen LogP contribution in [-0.2, 0) is 4.74 Å². The Kier molecular flexibility index (Phi) is 5.67. The third kappa shape index (κ3) is 5.19. The highest BCUT2D eigenvalue weighted by Gasteiger charge is 2.20. The average Bonchev–Trinajstić information content (AvgIpc) is 2.37. The second-order valence-corrected chi connectivity index (χ2v) is 5.44. The third-order valence-corrected chi connectivity index (χ3v) is 2.38. The fourth-order valence-corrected chi connectivity index (χ4v) is 1.49. The van der Waals surface area contributed by atoms with E-state index in [4.69, 9.17) is 9.84 Å². The van der Waals surface area contributed by atoms with Crippen LogP contribution in [0, 0.1) is 11.6 Å². The monoisotopic (exact) mass is 316 g/mol. The number of carbonyl (C=O) groups excluding carboxylic acids is 2. The van der Waals surface area contributed by atoms with Gasteiger partial charge in [-0.3, -0.25) is 4.79 Å². The molecule has 122 valence electrons. The number of hydrogen-bond donors (Lipinski definition) is 3. The normalized spacial score (nSPS) is 11.0. The minimum Gasteiger partial charge on any atom is -0.505 e. The van der Waals surface area contributed by atoms with Crippen LogP contribution in [0.5, 0.6) is 5.75 Å². The van der Waals surface area contributed by atoms with Gasteiger partial charge in [0, 0.05) is 13.1 Å². The Morgan fingerprint density at radius 3 is 2.36 bits per heavy atom. The number of halogens is 2. The zero-order valence-electron chi connectivity index (χ0n) is 12.5. The second kappa shape index (κ2) is 7.06. The molecule has 0 bridgehead atoms. The standard InChI is InChI=1S/C14H18F2N2O4/c1-14(2,3)22-13(21)18-7-6-17-12(20)10-8(15)4-5-9(19)11(10)16/h4-5,19H,6-7H2,1-3H3,(H,17,20)(H,18,21). The summed E-state index contributed by atoms with van der Waals surface area (Å²) in [6.07, 6.45) is -0.670. The van der Waals surface area contributed by atoms with Crippen LogP contribution in [0.1, 0.15) is 31.1 Å². The van der Waals surface area contributed by atoms with Gasteiger partial charge in [-0.2, -0.15) is 0 Å². The summed E-state index contributed by atoms with van der Waals surface area (Å²) >= 11 is 0. The van der Waals surface area contributed by atoms with E-state index in [-0.39, 0.29) is 13.1 Å². The number of hydrogen-bond acceptors (Lipinski definition) is 4. The Bertz CT molecular complexity index is 571. The van der Waals surface area contributed by atoms with Crippen LogP contribution >= 0.6 is 0 Å². The fraction of sp³-hybridized carbons (Fsp3) is 0.429. The summed E-state index contributed by atoms with van der Waals surface area (Å²) in [5, 5.41) is 13.7. The first kappa shape index (κ1) is 17.7. The van der Waals surface area contributed by atoms with E-state index in [0.717, 1.165) is 12.1 Å². The first-order chi connectivity index (χ1) is 10.1. The molecule has 1 aromatic carbocycles. The van der Waals surface area contributed by atoms with Crippen molar-refractivity contribution < 1.29 is 28.2 Å². The number of amides is 2. The molecule has 1 rings (SSSR count). The molecule has 0 saturated heterocycles. The van der Waals surface area contributed by atoms with Crippen molar-refractivity contribution in [3.8, 4) is 5.75 Å². The first-order valence-electron chi connectivity index (χ1n) is 6.54. The maximum absolute atomic E-state index is 13.5.